The summed E-state index contributed by atoms with van der Waals surface area (Å²) in [5.74, 6) is 2.35. The van der Waals surface area contributed by atoms with Gasteiger partial charge in [-0.1, -0.05) is 6.07 Å². The maximum atomic E-state index is 5.86. The Morgan fingerprint density at radius 2 is 1.68 bits per heavy atom. The lowest BCUT2D eigenvalue weighted by Crippen LogP contribution is -2.27. The standard InChI is InChI=1S/C20H26N4O4/c1-13-6-7-16(10-14(13)2)28-9-8-22-24-20(21)23-15-11-17(25-3)19(27-5)18(12-15)26-4/h6-8,10-12H,9H2,1-5H3,(H3,21,23,24)/b22-8-. The van der Waals surface area contributed by atoms with Crippen molar-refractivity contribution in [2.75, 3.05) is 27.9 Å². The van der Waals surface area contributed by atoms with Gasteiger partial charge in [0.15, 0.2) is 11.5 Å². The quantitative estimate of drug-likeness (QED) is 0.411. The largest absolute Gasteiger partial charge is 0.493 e. The van der Waals surface area contributed by atoms with Crippen LogP contribution < -0.4 is 30.1 Å². The minimum Gasteiger partial charge on any atom is -0.493 e. The van der Waals surface area contributed by atoms with Gasteiger partial charge in [-0.3, -0.25) is 0 Å². The summed E-state index contributed by atoms with van der Waals surface area (Å²) in [5, 5.41) is 4.00. The molecule has 0 aliphatic rings. The number of nitrogens with two attached hydrogens (primary N) is 1. The third kappa shape index (κ3) is 5.54. The molecule has 8 nitrogen and oxygen atoms in total. The monoisotopic (exact) mass is 386 g/mol. The van der Waals surface area contributed by atoms with Gasteiger partial charge in [0, 0.05) is 12.1 Å². The van der Waals surface area contributed by atoms with Gasteiger partial charge in [0.1, 0.15) is 12.4 Å². The molecule has 0 heterocycles. The molecule has 0 atom stereocenters. The van der Waals surface area contributed by atoms with Crippen LogP contribution in [0.4, 0.5) is 5.69 Å². The number of ether oxygens (including phenoxy) is 4. The Labute approximate surface area is 165 Å². The number of hydrogen-bond donors (Lipinski definition) is 2. The first-order valence-corrected chi connectivity index (χ1v) is 8.60. The Morgan fingerprint density at radius 3 is 2.25 bits per heavy atom. The zero-order valence-electron chi connectivity index (χ0n) is 16.8. The first-order chi connectivity index (χ1) is 13.5. The Kier molecular flexibility index (Phi) is 7.50. The number of rotatable bonds is 8. The first-order valence-electron chi connectivity index (χ1n) is 8.60. The summed E-state index contributed by atoms with van der Waals surface area (Å²) in [4.78, 5) is 4.24. The SMILES string of the molecule is COc1cc(N=C(N)N/N=C\COc2ccc(C)c(C)c2)cc(OC)c1OC. The van der Waals surface area contributed by atoms with Gasteiger partial charge in [-0.05, 0) is 37.1 Å². The fraction of sp³-hybridized carbons (Fsp3) is 0.300. The molecule has 0 amide bonds. The summed E-state index contributed by atoms with van der Waals surface area (Å²) in [6.07, 6.45) is 1.56. The summed E-state index contributed by atoms with van der Waals surface area (Å²) in [7, 11) is 4.60. The van der Waals surface area contributed by atoms with Crippen LogP contribution in [0.5, 0.6) is 23.0 Å². The molecule has 28 heavy (non-hydrogen) atoms. The van der Waals surface area contributed by atoms with E-state index >= 15 is 0 Å². The van der Waals surface area contributed by atoms with E-state index in [0.29, 0.717) is 29.5 Å². The molecule has 0 aliphatic heterocycles. The van der Waals surface area contributed by atoms with E-state index < -0.39 is 0 Å². The van der Waals surface area contributed by atoms with Gasteiger partial charge in [-0.15, -0.1) is 0 Å². The molecular formula is C20H26N4O4. The van der Waals surface area contributed by atoms with Gasteiger partial charge < -0.3 is 24.7 Å². The molecule has 0 spiro atoms. The fourth-order valence-electron chi connectivity index (χ4n) is 2.38. The van der Waals surface area contributed by atoms with Gasteiger partial charge in [0.2, 0.25) is 11.7 Å². The minimum absolute atomic E-state index is 0.108. The fourth-order valence-corrected chi connectivity index (χ4v) is 2.38. The highest BCUT2D eigenvalue weighted by atomic mass is 16.5. The van der Waals surface area contributed by atoms with E-state index in [0.717, 1.165) is 5.75 Å². The van der Waals surface area contributed by atoms with Gasteiger partial charge in [0.25, 0.3) is 0 Å². The van der Waals surface area contributed by atoms with Gasteiger partial charge >= 0.3 is 0 Å². The van der Waals surface area contributed by atoms with Crippen molar-refractivity contribution in [1.82, 2.24) is 5.43 Å². The van der Waals surface area contributed by atoms with Crippen LogP contribution in [0.3, 0.4) is 0 Å². The molecule has 0 fully saturated rings. The average molecular weight is 386 g/mol. The first kappa shape index (κ1) is 20.9. The summed E-state index contributed by atoms with van der Waals surface area (Å²) < 4.78 is 21.5. The van der Waals surface area contributed by atoms with Gasteiger partial charge in [-0.2, -0.15) is 5.10 Å². The molecule has 0 bridgehead atoms. The maximum absolute atomic E-state index is 5.86. The van der Waals surface area contributed by atoms with Crippen LogP contribution in [0.25, 0.3) is 0 Å². The Bertz CT molecular complexity index is 840. The zero-order chi connectivity index (χ0) is 20.5. The Hall–Kier alpha value is -3.42. The lowest BCUT2D eigenvalue weighted by atomic mass is 10.1. The number of aryl methyl sites for hydroxylation is 2. The second-order valence-electron chi connectivity index (χ2n) is 5.86. The predicted octanol–water partition coefficient (Wildman–Crippen LogP) is 2.93. The molecule has 0 radical (unpaired) electrons. The number of methoxy groups -OCH3 is 3. The van der Waals surface area contributed by atoms with Crippen molar-refractivity contribution in [2.24, 2.45) is 15.8 Å². The third-order valence-electron chi connectivity index (χ3n) is 3.97. The Morgan fingerprint density at radius 1 is 1.00 bits per heavy atom. The van der Waals surface area contributed by atoms with Crippen LogP contribution in [-0.2, 0) is 0 Å². The molecular weight excluding hydrogens is 360 g/mol. The van der Waals surface area contributed by atoms with Crippen molar-refractivity contribution in [3.63, 3.8) is 0 Å². The molecule has 3 N–H and O–H groups in total. The van der Waals surface area contributed by atoms with Gasteiger partial charge in [0.05, 0.1) is 33.2 Å². The summed E-state index contributed by atoms with van der Waals surface area (Å²) in [5.41, 5.74) is 11.4. The van der Waals surface area contributed by atoms with Crippen LogP contribution in [0, 0.1) is 13.8 Å². The third-order valence-corrected chi connectivity index (χ3v) is 3.97. The molecule has 0 aliphatic carbocycles. The van der Waals surface area contributed by atoms with Crippen LogP contribution in [0.15, 0.2) is 40.4 Å². The highest BCUT2D eigenvalue weighted by Crippen LogP contribution is 2.40. The van der Waals surface area contributed by atoms with E-state index in [9.17, 15) is 0 Å². The molecule has 0 unspecified atom stereocenters. The Balaban J connectivity index is 1.96. The second kappa shape index (κ2) is 10.1. The van der Waals surface area contributed by atoms with E-state index in [1.165, 1.54) is 32.5 Å². The lowest BCUT2D eigenvalue weighted by Gasteiger charge is -2.12. The van der Waals surface area contributed by atoms with E-state index in [1.54, 1.807) is 18.3 Å². The van der Waals surface area contributed by atoms with E-state index in [1.807, 2.05) is 25.1 Å². The number of nitrogens with zero attached hydrogens (tertiary/aromatic N) is 2. The minimum atomic E-state index is 0.108. The van der Waals surface area contributed by atoms with E-state index in [4.69, 9.17) is 24.7 Å². The van der Waals surface area contributed by atoms with Crippen LogP contribution >= 0.6 is 0 Å². The van der Waals surface area contributed by atoms with Crippen molar-refractivity contribution in [1.29, 1.82) is 0 Å². The van der Waals surface area contributed by atoms with Gasteiger partial charge in [-0.25, -0.2) is 10.4 Å². The molecule has 0 aromatic heterocycles. The second-order valence-corrected chi connectivity index (χ2v) is 5.86. The smallest absolute Gasteiger partial charge is 0.214 e. The van der Waals surface area contributed by atoms with Crippen molar-refractivity contribution < 1.29 is 18.9 Å². The number of aliphatic imine (C=N–C) groups is 1. The summed E-state index contributed by atoms with van der Waals surface area (Å²) in [6.45, 7) is 4.39. The van der Waals surface area contributed by atoms with Crippen molar-refractivity contribution in [3.05, 3.63) is 41.5 Å². The highest BCUT2D eigenvalue weighted by Gasteiger charge is 2.13. The molecule has 2 aromatic carbocycles. The lowest BCUT2D eigenvalue weighted by molar-refractivity contribution is 0.324. The molecule has 0 saturated heterocycles. The highest BCUT2D eigenvalue weighted by molar-refractivity contribution is 5.82. The number of nitrogens with one attached hydrogen (secondary N) is 1. The maximum Gasteiger partial charge on any atom is 0.214 e. The number of guanidine groups is 1. The van der Waals surface area contributed by atoms with Crippen molar-refractivity contribution >= 4 is 17.9 Å². The summed E-state index contributed by atoms with van der Waals surface area (Å²) in [6, 6.07) is 9.29. The topological polar surface area (TPSA) is 99.7 Å². The molecule has 0 saturated carbocycles. The molecule has 2 rings (SSSR count). The van der Waals surface area contributed by atoms with Crippen LogP contribution in [0.1, 0.15) is 11.1 Å². The number of benzene rings is 2. The average Bonchev–Trinajstić information content (AvgIpc) is 2.69. The van der Waals surface area contributed by atoms with Crippen molar-refractivity contribution in [3.8, 4) is 23.0 Å². The van der Waals surface area contributed by atoms with E-state index in [2.05, 4.69) is 22.4 Å². The van der Waals surface area contributed by atoms with Crippen LogP contribution in [-0.4, -0.2) is 40.1 Å². The van der Waals surface area contributed by atoms with E-state index in [-0.39, 0.29) is 5.96 Å². The number of hydrogen-bond acceptors (Lipinski definition) is 6. The summed E-state index contributed by atoms with van der Waals surface area (Å²) >= 11 is 0. The molecule has 2 aromatic rings. The zero-order valence-corrected chi connectivity index (χ0v) is 16.8. The molecule has 150 valence electrons. The van der Waals surface area contributed by atoms with Crippen molar-refractivity contribution in [2.45, 2.75) is 13.8 Å². The number of hydrazone groups is 1. The molecule has 8 heteroatoms. The predicted molar refractivity (Wildman–Crippen MR) is 110 cm³/mol. The van der Waals surface area contributed by atoms with Crippen LogP contribution in [0.2, 0.25) is 0 Å². The normalized spacial score (nSPS) is 11.4.